The smallest absolute Gasteiger partial charge is 0.153 e. The number of aromatic nitrogens is 2. The maximum Gasteiger partial charge on any atom is 0.153 e. The highest BCUT2D eigenvalue weighted by Gasteiger charge is 2.10. The average molecular weight is 165 g/mol. The maximum absolute atomic E-state index is 8.80. The predicted octanol–water partition coefficient (Wildman–Crippen LogP) is -0.385. The first-order valence-electron chi connectivity index (χ1n) is 4.05. The largest absolute Gasteiger partial charge is 0.388 e. The van der Waals surface area contributed by atoms with Crippen molar-refractivity contribution in [3.63, 3.8) is 0 Å². The number of nitrogens with one attached hydrogen (secondary N) is 1. The molecule has 2 rings (SSSR count). The quantitative estimate of drug-likeness (QED) is 0.595. The number of hydrogen-bond acceptors (Lipinski definition) is 4. The zero-order valence-electron chi connectivity index (χ0n) is 6.75. The molecule has 0 spiro atoms. The van der Waals surface area contributed by atoms with Gasteiger partial charge in [-0.3, -0.25) is 0 Å². The maximum atomic E-state index is 8.80. The van der Waals surface area contributed by atoms with E-state index in [1.807, 2.05) is 0 Å². The molecule has 4 nitrogen and oxygen atoms in total. The number of hydrogen-bond donors (Lipinski definition) is 2. The van der Waals surface area contributed by atoms with Crippen molar-refractivity contribution >= 4 is 0 Å². The highest BCUT2D eigenvalue weighted by atomic mass is 16.3. The Hall–Kier alpha value is -1.00. The van der Waals surface area contributed by atoms with Gasteiger partial charge in [-0.05, 0) is 0 Å². The molecule has 0 radical (unpaired) electrons. The fourth-order valence-corrected chi connectivity index (χ4v) is 1.35. The normalized spacial score (nSPS) is 15.8. The van der Waals surface area contributed by atoms with Crippen LogP contribution in [-0.4, -0.2) is 21.6 Å². The van der Waals surface area contributed by atoms with Crippen LogP contribution in [0.15, 0.2) is 6.20 Å². The van der Waals surface area contributed by atoms with Crippen LogP contribution in [-0.2, 0) is 19.6 Å². The topological polar surface area (TPSA) is 58.0 Å². The molecule has 64 valence electrons. The highest BCUT2D eigenvalue weighted by Crippen LogP contribution is 2.09. The van der Waals surface area contributed by atoms with Gasteiger partial charge in [0.15, 0.2) is 5.82 Å². The molecule has 0 atom stereocenters. The standard InChI is InChI=1S/C8H11N3O/c12-5-8-10-4-6-3-9-2-1-7(6)11-8/h4,9,12H,1-3,5H2. The molecule has 4 heteroatoms. The molecular formula is C8H11N3O. The van der Waals surface area contributed by atoms with Gasteiger partial charge >= 0.3 is 0 Å². The Morgan fingerprint density at radius 3 is 3.33 bits per heavy atom. The summed E-state index contributed by atoms with van der Waals surface area (Å²) in [5.74, 6) is 0.524. The predicted molar refractivity (Wildman–Crippen MR) is 43.4 cm³/mol. The zero-order valence-corrected chi connectivity index (χ0v) is 6.75. The molecule has 2 heterocycles. The van der Waals surface area contributed by atoms with Crippen LogP contribution in [0.1, 0.15) is 17.1 Å². The van der Waals surface area contributed by atoms with E-state index in [1.165, 1.54) is 0 Å². The zero-order chi connectivity index (χ0) is 8.39. The number of aliphatic hydroxyl groups is 1. The number of rotatable bonds is 1. The fourth-order valence-electron chi connectivity index (χ4n) is 1.35. The Morgan fingerprint density at radius 2 is 2.50 bits per heavy atom. The van der Waals surface area contributed by atoms with Crippen molar-refractivity contribution in [1.82, 2.24) is 15.3 Å². The van der Waals surface area contributed by atoms with E-state index in [0.717, 1.165) is 30.8 Å². The molecule has 0 bridgehead atoms. The third-order valence-electron chi connectivity index (χ3n) is 2.00. The minimum absolute atomic E-state index is 0.0687. The second-order valence-corrected chi connectivity index (χ2v) is 2.84. The van der Waals surface area contributed by atoms with Crippen LogP contribution >= 0.6 is 0 Å². The van der Waals surface area contributed by atoms with Gasteiger partial charge in [-0.15, -0.1) is 0 Å². The van der Waals surface area contributed by atoms with Crippen molar-refractivity contribution in [2.75, 3.05) is 6.54 Å². The lowest BCUT2D eigenvalue weighted by Gasteiger charge is -2.15. The molecule has 0 amide bonds. The summed E-state index contributed by atoms with van der Waals surface area (Å²) in [7, 11) is 0. The van der Waals surface area contributed by atoms with E-state index < -0.39 is 0 Å². The minimum Gasteiger partial charge on any atom is -0.388 e. The minimum atomic E-state index is -0.0687. The van der Waals surface area contributed by atoms with Gasteiger partial charge in [-0.1, -0.05) is 0 Å². The summed E-state index contributed by atoms with van der Waals surface area (Å²) in [6.45, 7) is 1.75. The first-order chi connectivity index (χ1) is 5.90. The number of aliphatic hydroxyl groups excluding tert-OH is 1. The van der Waals surface area contributed by atoms with Crippen molar-refractivity contribution in [2.24, 2.45) is 0 Å². The SMILES string of the molecule is OCc1ncc2c(n1)CCNC2. The fraction of sp³-hybridized carbons (Fsp3) is 0.500. The van der Waals surface area contributed by atoms with Crippen molar-refractivity contribution in [3.8, 4) is 0 Å². The molecule has 1 aliphatic heterocycles. The number of fused-ring (bicyclic) bond motifs is 1. The van der Waals surface area contributed by atoms with Crippen LogP contribution in [0.4, 0.5) is 0 Å². The van der Waals surface area contributed by atoms with Gasteiger partial charge in [0, 0.05) is 37.0 Å². The van der Waals surface area contributed by atoms with E-state index >= 15 is 0 Å². The molecule has 0 saturated carbocycles. The van der Waals surface area contributed by atoms with Gasteiger partial charge in [0.2, 0.25) is 0 Å². The molecule has 1 aliphatic rings. The van der Waals surface area contributed by atoms with Crippen molar-refractivity contribution < 1.29 is 5.11 Å². The Bertz CT molecular complexity index is 288. The van der Waals surface area contributed by atoms with Gasteiger partial charge in [-0.2, -0.15) is 0 Å². The highest BCUT2D eigenvalue weighted by molar-refractivity contribution is 5.19. The molecule has 1 aromatic rings. The first kappa shape index (κ1) is 7.64. The molecule has 0 fully saturated rings. The van der Waals surface area contributed by atoms with Crippen LogP contribution in [0.5, 0.6) is 0 Å². The second-order valence-electron chi connectivity index (χ2n) is 2.84. The van der Waals surface area contributed by atoms with Crippen molar-refractivity contribution in [2.45, 2.75) is 19.6 Å². The van der Waals surface area contributed by atoms with E-state index in [0.29, 0.717) is 5.82 Å². The third kappa shape index (κ3) is 1.31. The van der Waals surface area contributed by atoms with Gasteiger partial charge in [0.1, 0.15) is 6.61 Å². The van der Waals surface area contributed by atoms with Crippen LogP contribution in [0.25, 0.3) is 0 Å². The Balaban J connectivity index is 2.36. The summed E-state index contributed by atoms with van der Waals surface area (Å²) in [6.07, 6.45) is 2.73. The van der Waals surface area contributed by atoms with Gasteiger partial charge in [0.05, 0.1) is 0 Å². The van der Waals surface area contributed by atoms with Crippen LogP contribution < -0.4 is 5.32 Å². The lowest BCUT2D eigenvalue weighted by molar-refractivity contribution is 0.270. The van der Waals surface area contributed by atoms with E-state index in [1.54, 1.807) is 6.20 Å². The Morgan fingerprint density at radius 1 is 1.58 bits per heavy atom. The first-order valence-corrected chi connectivity index (χ1v) is 4.05. The second kappa shape index (κ2) is 3.16. The lowest BCUT2D eigenvalue weighted by Crippen LogP contribution is -2.25. The van der Waals surface area contributed by atoms with Gasteiger partial charge < -0.3 is 10.4 Å². The van der Waals surface area contributed by atoms with E-state index in [4.69, 9.17) is 5.11 Å². The summed E-state index contributed by atoms with van der Waals surface area (Å²) in [4.78, 5) is 8.24. The van der Waals surface area contributed by atoms with E-state index in [-0.39, 0.29) is 6.61 Å². The third-order valence-corrected chi connectivity index (χ3v) is 2.00. The van der Waals surface area contributed by atoms with Crippen LogP contribution in [0.3, 0.4) is 0 Å². The molecule has 0 saturated heterocycles. The lowest BCUT2D eigenvalue weighted by atomic mass is 10.1. The van der Waals surface area contributed by atoms with E-state index in [2.05, 4.69) is 15.3 Å². The van der Waals surface area contributed by atoms with Crippen LogP contribution in [0.2, 0.25) is 0 Å². The van der Waals surface area contributed by atoms with Crippen molar-refractivity contribution in [3.05, 3.63) is 23.3 Å². The van der Waals surface area contributed by atoms with Gasteiger partial charge in [-0.25, -0.2) is 9.97 Å². The molecule has 0 aliphatic carbocycles. The van der Waals surface area contributed by atoms with E-state index in [9.17, 15) is 0 Å². The van der Waals surface area contributed by atoms with Crippen LogP contribution in [0, 0.1) is 0 Å². The van der Waals surface area contributed by atoms with Gasteiger partial charge in [0.25, 0.3) is 0 Å². The Kier molecular flexibility index (Phi) is 2.01. The summed E-state index contributed by atoms with van der Waals surface area (Å²) in [5.41, 5.74) is 2.23. The summed E-state index contributed by atoms with van der Waals surface area (Å²) in [6, 6.07) is 0. The molecule has 2 N–H and O–H groups in total. The van der Waals surface area contributed by atoms with Crippen molar-refractivity contribution in [1.29, 1.82) is 0 Å². The monoisotopic (exact) mass is 165 g/mol. The number of nitrogens with zero attached hydrogens (tertiary/aromatic N) is 2. The Labute approximate surface area is 70.7 Å². The summed E-state index contributed by atoms with van der Waals surface area (Å²) in [5, 5.41) is 12.0. The molecule has 0 unspecified atom stereocenters. The molecule has 0 aromatic carbocycles. The molecule has 1 aromatic heterocycles. The molecule has 12 heavy (non-hydrogen) atoms. The average Bonchev–Trinajstić information content (AvgIpc) is 2.17. The summed E-state index contributed by atoms with van der Waals surface area (Å²) >= 11 is 0. The summed E-state index contributed by atoms with van der Waals surface area (Å²) < 4.78 is 0. The molecular weight excluding hydrogens is 154 g/mol.